The lowest BCUT2D eigenvalue weighted by atomic mass is 10.2. The van der Waals surface area contributed by atoms with Crippen molar-refractivity contribution in [3.8, 4) is 0 Å². The van der Waals surface area contributed by atoms with Crippen LogP contribution in [0.15, 0.2) is 36.5 Å². The number of anilines is 1. The zero-order chi connectivity index (χ0) is 13.1. The van der Waals surface area contributed by atoms with Crippen molar-refractivity contribution in [3.05, 3.63) is 58.1 Å². The van der Waals surface area contributed by atoms with Gasteiger partial charge in [-0.2, -0.15) is 4.39 Å². The van der Waals surface area contributed by atoms with E-state index in [2.05, 4.69) is 10.3 Å². The third kappa shape index (κ3) is 2.78. The average Bonchev–Trinajstić information content (AvgIpc) is 2.34. The van der Waals surface area contributed by atoms with Crippen LogP contribution in [0.2, 0.25) is 10.0 Å². The number of carbonyl (C=O) groups is 1. The van der Waals surface area contributed by atoms with Crippen LogP contribution >= 0.6 is 23.2 Å². The molecule has 92 valence electrons. The maximum Gasteiger partial charge on any atom is 0.255 e. The third-order valence-corrected chi connectivity index (χ3v) is 2.82. The summed E-state index contributed by atoms with van der Waals surface area (Å²) in [5, 5.41) is 3.15. The number of rotatable bonds is 2. The number of para-hydroxylation sites is 1. The van der Waals surface area contributed by atoms with Gasteiger partial charge in [0, 0.05) is 17.8 Å². The van der Waals surface area contributed by atoms with Crippen molar-refractivity contribution in [2.45, 2.75) is 0 Å². The Labute approximate surface area is 113 Å². The van der Waals surface area contributed by atoms with Crippen LogP contribution in [-0.4, -0.2) is 10.9 Å². The summed E-state index contributed by atoms with van der Waals surface area (Å²) >= 11 is 11.8. The summed E-state index contributed by atoms with van der Waals surface area (Å²) in [5.41, 5.74) is 0.432. The lowest BCUT2D eigenvalue weighted by molar-refractivity contribution is 0.102. The highest BCUT2D eigenvalue weighted by molar-refractivity contribution is 6.40. The first-order valence-corrected chi connectivity index (χ1v) is 5.70. The Balaban J connectivity index is 2.27. The van der Waals surface area contributed by atoms with Crippen LogP contribution < -0.4 is 5.32 Å². The Morgan fingerprint density at radius 2 is 1.89 bits per heavy atom. The van der Waals surface area contributed by atoms with Gasteiger partial charge in [0.1, 0.15) is 0 Å². The summed E-state index contributed by atoms with van der Waals surface area (Å²) in [6.45, 7) is 0. The minimum atomic E-state index is -0.729. The standard InChI is InChI=1S/C12H7Cl2FN2O/c13-8-2-1-3-9(14)11(8)17-12(18)7-4-5-16-10(15)6-7/h1-6H,(H,17,18). The number of halogens is 3. The predicted molar refractivity (Wildman–Crippen MR) is 68.6 cm³/mol. The number of aromatic nitrogens is 1. The zero-order valence-corrected chi connectivity index (χ0v) is 10.5. The monoisotopic (exact) mass is 284 g/mol. The molecule has 3 nitrogen and oxygen atoms in total. The Morgan fingerprint density at radius 1 is 1.22 bits per heavy atom. The number of hydrogen-bond donors (Lipinski definition) is 1. The minimum Gasteiger partial charge on any atom is -0.319 e. The van der Waals surface area contributed by atoms with Gasteiger partial charge in [-0.05, 0) is 18.2 Å². The molecule has 0 saturated carbocycles. The molecule has 1 amide bonds. The van der Waals surface area contributed by atoms with Gasteiger partial charge in [-0.15, -0.1) is 0 Å². The number of benzene rings is 1. The summed E-state index contributed by atoms with van der Waals surface area (Å²) in [5.74, 6) is -1.24. The molecule has 0 aliphatic heterocycles. The van der Waals surface area contributed by atoms with Crippen molar-refractivity contribution in [3.63, 3.8) is 0 Å². The Bertz CT molecular complexity index is 584. The fourth-order valence-electron chi connectivity index (χ4n) is 1.35. The van der Waals surface area contributed by atoms with E-state index in [0.717, 1.165) is 6.07 Å². The molecule has 0 aliphatic rings. The van der Waals surface area contributed by atoms with E-state index in [9.17, 15) is 9.18 Å². The fraction of sp³-hybridized carbons (Fsp3) is 0. The number of carbonyl (C=O) groups excluding carboxylic acids is 1. The molecule has 0 atom stereocenters. The van der Waals surface area contributed by atoms with Crippen LogP contribution in [0.5, 0.6) is 0 Å². The Hall–Kier alpha value is -1.65. The lowest BCUT2D eigenvalue weighted by Crippen LogP contribution is -2.13. The molecule has 0 unspecified atom stereocenters. The van der Waals surface area contributed by atoms with Crippen LogP contribution in [-0.2, 0) is 0 Å². The average molecular weight is 285 g/mol. The molecule has 0 saturated heterocycles. The van der Waals surface area contributed by atoms with E-state index in [1.54, 1.807) is 18.2 Å². The Kier molecular flexibility index (Phi) is 3.79. The van der Waals surface area contributed by atoms with Crippen molar-refractivity contribution in [1.29, 1.82) is 0 Å². The van der Waals surface area contributed by atoms with E-state index in [1.807, 2.05) is 0 Å². The molecule has 2 rings (SSSR count). The molecular formula is C12H7Cl2FN2O. The molecule has 1 aromatic carbocycles. The van der Waals surface area contributed by atoms with Gasteiger partial charge in [-0.1, -0.05) is 29.3 Å². The highest BCUT2D eigenvalue weighted by Gasteiger charge is 2.12. The summed E-state index contributed by atoms with van der Waals surface area (Å²) < 4.78 is 12.9. The number of amides is 1. The van der Waals surface area contributed by atoms with Crippen LogP contribution in [0.25, 0.3) is 0 Å². The number of hydrogen-bond acceptors (Lipinski definition) is 2. The molecule has 0 spiro atoms. The van der Waals surface area contributed by atoms with Gasteiger partial charge >= 0.3 is 0 Å². The van der Waals surface area contributed by atoms with Crippen LogP contribution in [0, 0.1) is 5.95 Å². The molecule has 0 bridgehead atoms. The second-order valence-electron chi connectivity index (χ2n) is 3.42. The number of nitrogens with zero attached hydrogens (tertiary/aromatic N) is 1. The van der Waals surface area contributed by atoms with Crippen molar-refractivity contribution >= 4 is 34.8 Å². The molecule has 0 aliphatic carbocycles. The van der Waals surface area contributed by atoms with Gasteiger partial charge in [0.15, 0.2) is 0 Å². The van der Waals surface area contributed by atoms with Gasteiger partial charge < -0.3 is 5.32 Å². The second kappa shape index (κ2) is 5.33. The summed E-state index contributed by atoms with van der Waals surface area (Å²) in [4.78, 5) is 15.2. The summed E-state index contributed by atoms with van der Waals surface area (Å²) in [6.07, 6.45) is 1.21. The van der Waals surface area contributed by atoms with Crippen LogP contribution in [0.1, 0.15) is 10.4 Å². The quantitative estimate of drug-likeness (QED) is 0.853. The fourth-order valence-corrected chi connectivity index (χ4v) is 1.84. The molecule has 0 fully saturated rings. The first-order chi connectivity index (χ1) is 8.58. The summed E-state index contributed by atoms with van der Waals surface area (Å²) in [6, 6.07) is 7.27. The van der Waals surface area contributed by atoms with Crippen molar-refractivity contribution in [2.24, 2.45) is 0 Å². The molecule has 1 heterocycles. The lowest BCUT2D eigenvalue weighted by Gasteiger charge is -2.08. The van der Waals surface area contributed by atoms with E-state index in [0.29, 0.717) is 15.7 Å². The topological polar surface area (TPSA) is 42.0 Å². The molecule has 1 N–H and O–H groups in total. The normalized spacial score (nSPS) is 10.2. The first kappa shape index (κ1) is 12.8. The molecule has 0 radical (unpaired) electrons. The van der Waals surface area contributed by atoms with Gasteiger partial charge in [-0.3, -0.25) is 4.79 Å². The van der Waals surface area contributed by atoms with Crippen molar-refractivity contribution in [2.75, 3.05) is 5.32 Å². The number of nitrogens with one attached hydrogen (secondary N) is 1. The molecule has 6 heteroatoms. The smallest absolute Gasteiger partial charge is 0.255 e. The maximum atomic E-state index is 12.9. The molecular weight excluding hydrogens is 278 g/mol. The van der Waals surface area contributed by atoms with Crippen LogP contribution in [0.3, 0.4) is 0 Å². The van der Waals surface area contributed by atoms with E-state index in [-0.39, 0.29) is 5.56 Å². The molecule has 18 heavy (non-hydrogen) atoms. The van der Waals surface area contributed by atoms with Crippen molar-refractivity contribution in [1.82, 2.24) is 4.98 Å². The predicted octanol–water partition coefficient (Wildman–Crippen LogP) is 3.78. The highest BCUT2D eigenvalue weighted by Crippen LogP contribution is 2.30. The van der Waals surface area contributed by atoms with E-state index < -0.39 is 11.9 Å². The first-order valence-electron chi connectivity index (χ1n) is 4.95. The van der Waals surface area contributed by atoms with Gasteiger partial charge in [0.2, 0.25) is 5.95 Å². The zero-order valence-electron chi connectivity index (χ0n) is 8.95. The largest absolute Gasteiger partial charge is 0.319 e. The van der Waals surface area contributed by atoms with Gasteiger partial charge in [0.25, 0.3) is 5.91 Å². The van der Waals surface area contributed by atoms with Crippen molar-refractivity contribution < 1.29 is 9.18 Å². The van der Waals surface area contributed by atoms with E-state index in [4.69, 9.17) is 23.2 Å². The van der Waals surface area contributed by atoms with Gasteiger partial charge in [-0.25, -0.2) is 4.98 Å². The Morgan fingerprint density at radius 3 is 2.50 bits per heavy atom. The highest BCUT2D eigenvalue weighted by atomic mass is 35.5. The van der Waals surface area contributed by atoms with E-state index >= 15 is 0 Å². The third-order valence-electron chi connectivity index (χ3n) is 2.19. The summed E-state index contributed by atoms with van der Waals surface area (Å²) in [7, 11) is 0. The van der Waals surface area contributed by atoms with Gasteiger partial charge in [0.05, 0.1) is 15.7 Å². The second-order valence-corrected chi connectivity index (χ2v) is 4.23. The molecule has 2 aromatic rings. The number of pyridine rings is 1. The maximum absolute atomic E-state index is 12.9. The minimum absolute atomic E-state index is 0.137. The van der Waals surface area contributed by atoms with Crippen LogP contribution in [0.4, 0.5) is 10.1 Å². The SMILES string of the molecule is O=C(Nc1c(Cl)cccc1Cl)c1ccnc(F)c1. The molecule has 1 aromatic heterocycles. The van der Waals surface area contributed by atoms with E-state index in [1.165, 1.54) is 12.3 Å².